The van der Waals surface area contributed by atoms with Gasteiger partial charge in [0.15, 0.2) is 0 Å². The van der Waals surface area contributed by atoms with E-state index in [-0.39, 0.29) is 25.6 Å². The fourth-order valence-corrected chi connectivity index (χ4v) is 2.56. The monoisotopic (exact) mass is 313 g/mol. The Kier molecular flexibility index (Phi) is 6.65. The highest BCUT2D eigenvalue weighted by molar-refractivity contribution is 7.08. The van der Waals surface area contributed by atoms with Gasteiger partial charge in [0.2, 0.25) is 0 Å². The molecule has 4 N–H and O–H groups in total. The molecule has 1 heterocycles. The zero-order valence-electron chi connectivity index (χ0n) is 11.2. The topological polar surface area (TPSA) is 66.5 Å². The van der Waals surface area contributed by atoms with E-state index in [1.807, 2.05) is 0 Å². The van der Waals surface area contributed by atoms with Crippen LogP contribution in [0, 0.1) is 0 Å². The second-order valence-electron chi connectivity index (χ2n) is 4.89. The maximum absolute atomic E-state index is 9.15. The van der Waals surface area contributed by atoms with Gasteiger partial charge < -0.3 is 15.9 Å². The fourth-order valence-electron chi connectivity index (χ4n) is 1.89. The standard InChI is InChI=1S/C15H19NO2S.ClH/c16-15(10-17,11-18)7-5-12-1-3-13(4-2-12)14-6-8-19-9-14;/h1-4,6,8-9,17-18H,5,7,10-11,16H2;1H. The lowest BCUT2D eigenvalue weighted by Crippen LogP contribution is -2.47. The van der Waals surface area contributed by atoms with Crippen molar-refractivity contribution in [2.75, 3.05) is 13.2 Å². The molecule has 2 rings (SSSR count). The Morgan fingerprint density at radius 2 is 1.65 bits per heavy atom. The Morgan fingerprint density at radius 3 is 2.15 bits per heavy atom. The lowest BCUT2D eigenvalue weighted by atomic mass is 9.93. The molecule has 0 bridgehead atoms. The van der Waals surface area contributed by atoms with Crippen molar-refractivity contribution in [3.63, 3.8) is 0 Å². The van der Waals surface area contributed by atoms with Gasteiger partial charge in [-0.25, -0.2) is 0 Å². The van der Waals surface area contributed by atoms with E-state index in [0.29, 0.717) is 6.42 Å². The van der Waals surface area contributed by atoms with Crippen molar-refractivity contribution in [2.45, 2.75) is 18.4 Å². The minimum atomic E-state index is -0.883. The molecule has 0 saturated carbocycles. The Labute approximate surface area is 129 Å². The van der Waals surface area contributed by atoms with Crippen LogP contribution in [0.2, 0.25) is 0 Å². The number of nitrogens with two attached hydrogens (primary N) is 1. The first-order valence-electron chi connectivity index (χ1n) is 6.29. The molecule has 0 aliphatic carbocycles. The van der Waals surface area contributed by atoms with E-state index in [2.05, 4.69) is 41.1 Å². The quantitative estimate of drug-likeness (QED) is 0.767. The second kappa shape index (κ2) is 7.76. The molecule has 110 valence electrons. The van der Waals surface area contributed by atoms with E-state index in [0.717, 1.165) is 12.0 Å². The van der Waals surface area contributed by atoms with E-state index < -0.39 is 5.54 Å². The molecule has 0 fully saturated rings. The minimum absolute atomic E-state index is 0. The number of aryl methyl sites for hydroxylation is 1. The first-order valence-corrected chi connectivity index (χ1v) is 7.23. The van der Waals surface area contributed by atoms with Gasteiger partial charge in [0.1, 0.15) is 0 Å². The Bertz CT molecular complexity index is 495. The molecule has 0 amide bonds. The largest absolute Gasteiger partial charge is 0.394 e. The highest BCUT2D eigenvalue weighted by Gasteiger charge is 2.22. The molecule has 0 atom stereocenters. The van der Waals surface area contributed by atoms with Crippen molar-refractivity contribution in [3.05, 3.63) is 46.7 Å². The number of rotatable bonds is 6. The zero-order chi connectivity index (χ0) is 13.7. The summed E-state index contributed by atoms with van der Waals surface area (Å²) in [7, 11) is 0. The van der Waals surface area contributed by atoms with Crippen LogP contribution in [-0.4, -0.2) is 29.0 Å². The van der Waals surface area contributed by atoms with Crippen LogP contribution in [0.3, 0.4) is 0 Å². The molecule has 0 aliphatic heterocycles. The second-order valence-corrected chi connectivity index (χ2v) is 5.67. The van der Waals surface area contributed by atoms with Crippen LogP contribution in [-0.2, 0) is 6.42 Å². The van der Waals surface area contributed by atoms with E-state index in [9.17, 15) is 0 Å². The third-order valence-electron chi connectivity index (χ3n) is 3.35. The van der Waals surface area contributed by atoms with Crippen LogP contribution < -0.4 is 5.73 Å². The van der Waals surface area contributed by atoms with E-state index in [1.54, 1.807) is 11.3 Å². The van der Waals surface area contributed by atoms with Gasteiger partial charge in [-0.1, -0.05) is 24.3 Å². The SMILES string of the molecule is Cl.NC(CO)(CO)CCc1ccc(-c2ccsc2)cc1. The van der Waals surface area contributed by atoms with Gasteiger partial charge in [0, 0.05) is 0 Å². The van der Waals surface area contributed by atoms with Crippen LogP contribution in [0.1, 0.15) is 12.0 Å². The maximum atomic E-state index is 9.15. The normalized spacial score (nSPS) is 11.2. The van der Waals surface area contributed by atoms with Gasteiger partial charge >= 0.3 is 0 Å². The number of aliphatic hydroxyl groups excluding tert-OH is 2. The molecule has 0 radical (unpaired) electrons. The van der Waals surface area contributed by atoms with Gasteiger partial charge in [-0.2, -0.15) is 11.3 Å². The van der Waals surface area contributed by atoms with Crippen LogP contribution >= 0.6 is 23.7 Å². The van der Waals surface area contributed by atoms with Gasteiger partial charge in [0.25, 0.3) is 0 Å². The highest BCUT2D eigenvalue weighted by Crippen LogP contribution is 2.23. The molecule has 1 aromatic carbocycles. The summed E-state index contributed by atoms with van der Waals surface area (Å²) in [4.78, 5) is 0. The lowest BCUT2D eigenvalue weighted by molar-refractivity contribution is 0.115. The number of thiophene rings is 1. The summed E-state index contributed by atoms with van der Waals surface area (Å²) < 4.78 is 0. The molecule has 2 aromatic rings. The Hall–Kier alpha value is -0.910. The van der Waals surface area contributed by atoms with Crippen molar-refractivity contribution >= 4 is 23.7 Å². The fraction of sp³-hybridized carbons (Fsp3) is 0.333. The predicted octanol–water partition coefficient (Wildman–Crippen LogP) is 2.45. The van der Waals surface area contributed by atoms with E-state index >= 15 is 0 Å². The Morgan fingerprint density at radius 1 is 1.00 bits per heavy atom. The van der Waals surface area contributed by atoms with E-state index in [4.69, 9.17) is 15.9 Å². The predicted molar refractivity (Wildman–Crippen MR) is 86.4 cm³/mol. The number of hydrogen-bond donors (Lipinski definition) is 3. The first kappa shape index (κ1) is 17.1. The summed E-state index contributed by atoms with van der Waals surface area (Å²) in [6.07, 6.45) is 1.32. The zero-order valence-corrected chi connectivity index (χ0v) is 12.8. The molecule has 0 aliphatic rings. The van der Waals surface area contributed by atoms with Gasteiger partial charge in [-0.3, -0.25) is 0 Å². The van der Waals surface area contributed by atoms with Crippen molar-refractivity contribution in [1.82, 2.24) is 0 Å². The van der Waals surface area contributed by atoms with Crippen molar-refractivity contribution in [2.24, 2.45) is 5.73 Å². The van der Waals surface area contributed by atoms with Gasteiger partial charge in [-0.05, 0) is 46.4 Å². The average molecular weight is 314 g/mol. The van der Waals surface area contributed by atoms with Crippen molar-refractivity contribution < 1.29 is 10.2 Å². The highest BCUT2D eigenvalue weighted by atomic mass is 35.5. The molecule has 0 saturated heterocycles. The smallest absolute Gasteiger partial charge is 0.0633 e. The summed E-state index contributed by atoms with van der Waals surface area (Å²) in [5.74, 6) is 0. The van der Waals surface area contributed by atoms with Crippen LogP contribution in [0.25, 0.3) is 11.1 Å². The molecule has 3 nitrogen and oxygen atoms in total. The van der Waals surface area contributed by atoms with Crippen LogP contribution in [0.15, 0.2) is 41.1 Å². The Balaban J connectivity index is 0.00000200. The average Bonchev–Trinajstić information content (AvgIpc) is 2.99. The van der Waals surface area contributed by atoms with Crippen LogP contribution in [0.5, 0.6) is 0 Å². The van der Waals surface area contributed by atoms with Crippen LogP contribution in [0.4, 0.5) is 0 Å². The summed E-state index contributed by atoms with van der Waals surface area (Å²) in [6.45, 7) is -0.396. The number of halogens is 1. The van der Waals surface area contributed by atoms with Gasteiger partial charge in [0.05, 0.1) is 18.8 Å². The first-order chi connectivity index (χ1) is 9.17. The van der Waals surface area contributed by atoms with E-state index in [1.165, 1.54) is 11.1 Å². The summed E-state index contributed by atoms with van der Waals surface area (Å²) in [6, 6.07) is 10.4. The molecule has 1 aromatic heterocycles. The number of hydrogen-bond acceptors (Lipinski definition) is 4. The molecular weight excluding hydrogens is 294 g/mol. The molecule has 5 heteroatoms. The number of aliphatic hydroxyl groups is 2. The lowest BCUT2D eigenvalue weighted by Gasteiger charge is -2.24. The van der Waals surface area contributed by atoms with Gasteiger partial charge in [-0.15, -0.1) is 12.4 Å². The van der Waals surface area contributed by atoms with Crippen molar-refractivity contribution in [1.29, 1.82) is 0 Å². The minimum Gasteiger partial charge on any atom is -0.394 e. The molecule has 0 spiro atoms. The third-order valence-corrected chi connectivity index (χ3v) is 4.03. The molecular formula is C15H20ClNO2S. The van der Waals surface area contributed by atoms with Crippen molar-refractivity contribution in [3.8, 4) is 11.1 Å². The number of benzene rings is 1. The maximum Gasteiger partial charge on any atom is 0.0633 e. The molecule has 0 unspecified atom stereocenters. The summed E-state index contributed by atoms with van der Waals surface area (Å²) >= 11 is 1.69. The summed E-state index contributed by atoms with van der Waals surface area (Å²) in [5, 5.41) is 22.5. The summed E-state index contributed by atoms with van der Waals surface area (Å²) in [5.41, 5.74) is 8.57. The third kappa shape index (κ3) is 4.30. The molecule has 20 heavy (non-hydrogen) atoms.